The van der Waals surface area contributed by atoms with Gasteiger partial charge in [0.15, 0.2) is 6.61 Å². The van der Waals surface area contributed by atoms with E-state index in [1.165, 1.54) is 0 Å². The lowest BCUT2D eigenvalue weighted by atomic mass is 9.84. The van der Waals surface area contributed by atoms with E-state index in [4.69, 9.17) is 9.84 Å². The second kappa shape index (κ2) is 6.93. The molecule has 0 bridgehead atoms. The molecule has 2 atom stereocenters. The molecule has 0 radical (unpaired) electrons. The van der Waals surface area contributed by atoms with Crippen molar-refractivity contribution < 1.29 is 19.4 Å². The normalized spacial score (nSPS) is 22.0. The maximum Gasteiger partial charge on any atom is 0.308 e. The second-order valence-electron chi connectivity index (χ2n) is 5.00. The Morgan fingerprint density at radius 1 is 1.20 bits per heavy atom. The maximum absolute atomic E-state index is 11.8. The van der Waals surface area contributed by atoms with Crippen LogP contribution in [0.4, 0.5) is 0 Å². The first-order chi connectivity index (χ1) is 9.66. The van der Waals surface area contributed by atoms with Gasteiger partial charge in [0.1, 0.15) is 5.75 Å². The van der Waals surface area contributed by atoms with Gasteiger partial charge in [0.05, 0.1) is 5.92 Å². The molecule has 1 saturated carbocycles. The third-order valence-electron chi connectivity index (χ3n) is 3.54. The van der Waals surface area contributed by atoms with Crippen molar-refractivity contribution in [1.29, 1.82) is 0 Å². The first kappa shape index (κ1) is 14.4. The van der Waals surface area contributed by atoms with Crippen molar-refractivity contribution in [2.75, 3.05) is 6.61 Å². The van der Waals surface area contributed by atoms with E-state index in [-0.39, 0.29) is 18.6 Å². The number of benzene rings is 1. The van der Waals surface area contributed by atoms with Crippen LogP contribution in [0.2, 0.25) is 0 Å². The Bertz CT molecular complexity index is 460. The summed E-state index contributed by atoms with van der Waals surface area (Å²) >= 11 is 0. The van der Waals surface area contributed by atoms with Crippen molar-refractivity contribution in [2.24, 2.45) is 5.92 Å². The summed E-state index contributed by atoms with van der Waals surface area (Å²) in [6.45, 7) is -0.0904. The number of carbonyl (C=O) groups excluding carboxylic acids is 1. The molecule has 5 nitrogen and oxygen atoms in total. The molecule has 2 N–H and O–H groups in total. The number of para-hydroxylation sites is 1. The highest BCUT2D eigenvalue weighted by atomic mass is 16.5. The predicted molar refractivity (Wildman–Crippen MR) is 73.5 cm³/mol. The second-order valence-corrected chi connectivity index (χ2v) is 5.00. The number of aliphatic carboxylic acids is 1. The molecule has 1 aromatic carbocycles. The zero-order valence-electron chi connectivity index (χ0n) is 11.2. The number of nitrogens with one attached hydrogen (secondary N) is 1. The average molecular weight is 277 g/mol. The number of hydrogen-bond donors (Lipinski definition) is 2. The molecule has 108 valence electrons. The Hall–Kier alpha value is -2.04. The van der Waals surface area contributed by atoms with Crippen molar-refractivity contribution in [3.05, 3.63) is 30.3 Å². The first-order valence-electron chi connectivity index (χ1n) is 6.87. The Kier molecular flexibility index (Phi) is 4.98. The molecule has 1 fully saturated rings. The lowest BCUT2D eigenvalue weighted by molar-refractivity contribution is -0.144. The molecule has 1 aliphatic rings. The highest BCUT2D eigenvalue weighted by Gasteiger charge is 2.31. The Labute approximate surface area is 117 Å². The largest absolute Gasteiger partial charge is 0.484 e. The van der Waals surface area contributed by atoms with E-state index in [0.717, 1.165) is 12.8 Å². The molecule has 0 saturated heterocycles. The van der Waals surface area contributed by atoms with Crippen molar-refractivity contribution in [1.82, 2.24) is 5.32 Å². The van der Waals surface area contributed by atoms with Gasteiger partial charge in [0, 0.05) is 6.04 Å². The highest BCUT2D eigenvalue weighted by molar-refractivity contribution is 5.79. The zero-order valence-corrected chi connectivity index (χ0v) is 11.2. The van der Waals surface area contributed by atoms with Crippen LogP contribution in [0.1, 0.15) is 25.7 Å². The average Bonchev–Trinajstić information content (AvgIpc) is 2.46. The monoisotopic (exact) mass is 277 g/mol. The minimum atomic E-state index is -0.834. The molecular weight excluding hydrogens is 258 g/mol. The van der Waals surface area contributed by atoms with Crippen molar-refractivity contribution in [2.45, 2.75) is 31.7 Å². The molecule has 20 heavy (non-hydrogen) atoms. The van der Waals surface area contributed by atoms with Crippen LogP contribution in [-0.2, 0) is 9.59 Å². The lowest BCUT2D eigenvalue weighted by Gasteiger charge is -2.29. The molecule has 0 heterocycles. The van der Waals surface area contributed by atoms with Gasteiger partial charge in [-0.2, -0.15) is 0 Å². The third kappa shape index (κ3) is 3.98. The van der Waals surface area contributed by atoms with E-state index in [2.05, 4.69) is 5.32 Å². The van der Waals surface area contributed by atoms with E-state index in [1.54, 1.807) is 12.1 Å². The molecule has 0 aliphatic heterocycles. The van der Waals surface area contributed by atoms with E-state index in [9.17, 15) is 9.59 Å². The number of ether oxygens (including phenoxy) is 1. The van der Waals surface area contributed by atoms with E-state index < -0.39 is 11.9 Å². The van der Waals surface area contributed by atoms with Crippen LogP contribution < -0.4 is 10.1 Å². The topological polar surface area (TPSA) is 75.6 Å². The minimum absolute atomic E-state index is 0.0904. The number of amides is 1. The molecule has 0 spiro atoms. The smallest absolute Gasteiger partial charge is 0.308 e. The number of hydrogen-bond acceptors (Lipinski definition) is 3. The molecule has 1 amide bonds. The van der Waals surface area contributed by atoms with Crippen LogP contribution in [-0.4, -0.2) is 29.6 Å². The standard InChI is InChI=1S/C15H19NO4/c17-14(10-20-11-6-2-1-3-7-11)16-13-9-5-4-8-12(13)15(18)19/h1-3,6-7,12-13H,4-5,8-10H2,(H,16,17)(H,18,19)/t12-,13-/m1/s1. The van der Waals surface area contributed by atoms with Crippen LogP contribution in [0, 0.1) is 5.92 Å². The summed E-state index contributed by atoms with van der Waals surface area (Å²) in [7, 11) is 0. The van der Waals surface area contributed by atoms with Gasteiger partial charge in [-0.15, -0.1) is 0 Å². The predicted octanol–water partition coefficient (Wildman–Crippen LogP) is 1.82. The summed E-state index contributed by atoms with van der Waals surface area (Å²) in [5.41, 5.74) is 0. The van der Waals surface area contributed by atoms with Crippen LogP contribution in [0.5, 0.6) is 5.75 Å². The summed E-state index contributed by atoms with van der Waals surface area (Å²) in [6.07, 6.45) is 3.20. The lowest BCUT2D eigenvalue weighted by Crippen LogP contribution is -2.46. The summed E-state index contributed by atoms with van der Waals surface area (Å²) in [4.78, 5) is 23.0. The van der Waals surface area contributed by atoms with Gasteiger partial charge >= 0.3 is 5.97 Å². The quantitative estimate of drug-likeness (QED) is 0.861. The van der Waals surface area contributed by atoms with Gasteiger partial charge in [0.2, 0.25) is 0 Å². The highest BCUT2D eigenvalue weighted by Crippen LogP contribution is 2.24. The van der Waals surface area contributed by atoms with Gasteiger partial charge < -0.3 is 15.2 Å². The van der Waals surface area contributed by atoms with E-state index >= 15 is 0 Å². The number of carboxylic acids is 1. The molecule has 1 aliphatic carbocycles. The molecule has 2 rings (SSSR count). The maximum atomic E-state index is 11.8. The first-order valence-corrected chi connectivity index (χ1v) is 6.87. The summed E-state index contributed by atoms with van der Waals surface area (Å²) in [6, 6.07) is 8.78. The summed E-state index contributed by atoms with van der Waals surface area (Å²) < 4.78 is 5.35. The molecule has 5 heteroatoms. The van der Waals surface area contributed by atoms with Crippen molar-refractivity contribution >= 4 is 11.9 Å². The Morgan fingerprint density at radius 2 is 1.90 bits per heavy atom. The fourth-order valence-corrected chi connectivity index (χ4v) is 2.51. The van der Waals surface area contributed by atoms with Gasteiger partial charge in [-0.25, -0.2) is 0 Å². The van der Waals surface area contributed by atoms with Gasteiger partial charge in [-0.05, 0) is 25.0 Å². The third-order valence-corrected chi connectivity index (χ3v) is 3.54. The van der Waals surface area contributed by atoms with Crippen molar-refractivity contribution in [3.63, 3.8) is 0 Å². The van der Waals surface area contributed by atoms with Crippen LogP contribution in [0.3, 0.4) is 0 Å². The Balaban J connectivity index is 1.82. The number of carboxylic acid groups (broad SMARTS) is 1. The minimum Gasteiger partial charge on any atom is -0.484 e. The van der Waals surface area contributed by atoms with Crippen LogP contribution in [0.15, 0.2) is 30.3 Å². The fraction of sp³-hybridized carbons (Fsp3) is 0.467. The summed E-state index contributed by atoms with van der Waals surface area (Å²) in [5, 5.41) is 11.9. The van der Waals surface area contributed by atoms with Crippen LogP contribution >= 0.6 is 0 Å². The van der Waals surface area contributed by atoms with Crippen LogP contribution in [0.25, 0.3) is 0 Å². The van der Waals surface area contributed by atoms with Gasteiger partial charge in [-0.1, -0.05) is 31.0 Å². The molecular formula is C15H19NO4. The molecule has 0 unspecified atom stereocenters. The SMILES string of the molecule is O=C(COc1ccccc1)N[C@@H]1CCCC[C@H]1C(=O)O. The fourth-order valence-electron chi connectivity index (χ4n) is 2.51. The molecule has 0 aromatic heterocycles. The van der Waals surface area contributed by atoms with Gasteiger partial charge in [-0.3, -0.25) is 9.59 Å². The number of carbonyl (C=O) groups is 2. The summed E-state index contributed by atoms with van der Waals surface area (Å²) in [5.74, 6) is -0.962. The zero-order chi connectivity index (χ0) is 14.4. The van der Waals surface area contributed by atoms with Crippen molar-refractivity contribution in [3.8, 4) is 5.75 Å². The Morgan fingerprint density at radius 3 is 2.60 bits per heavy atom. The van der Waals surface area contributed by atoms with Gasteiger partial charge in [0.25, 0.3) is 5.91 Å². The van der Waals surface area contributed by atoms with E-state index in [1.807, 2.05) is 18.2 Å². The molecule has 1 aromatic rings. The number of rotatable bonds is 5. The van der Waals surface area contributed by atoms with E-state index in [0.29, 0.717) is 18.6 Å².